The van der Waals surface area contributed by atoms with E-state index in [2.05, 4.69) is 10.6 Å². The van der Waals surface area contributed by atoms with Crippen molar-refractivity contribution in [2.45, 2.75) is 11.8 Å². The first kappa shape index (κ1) is 14.0. The van der Waals surface area contributed by atoms with E-state index in [9.17, 15) is 13.2 Å². The number of hydrogen-bond donors (Lipinski definition) is 2. The van der Waals surface area contributed by atoms with Gasteiger partial charge >= 0.3 is 0 Å². The van der Waals surface area contributed by atoms with Gasteiger partial charge in [-0.3, -0.25) is 4.79 Å². The fourth-order valence-corrected chi connectivity index (χ4v) is 3.46. The van der Waals surface area contributed by atoms with Crippen molar-refractivity contribution in [2.75, 3.05) is 31.5 Å². The zero-order chi connectivity index (χ0) is 13.9. The molecule has 104 valence electrons. The maximum Gasteiger partial charge on any atom is 0.243 e. The van der Waals surface area contributed by atoms with Gasteiger partial charge in [0.05, 0.1) is 4.90 Å². The molecule has 1 saturated heterocycles. The van der Waals surface area contributed by atoms with Gasteiger partial charge < -0.3 is 10.6 Å². The molecule has 7 heteroatoms. The molecule has 0 atom stereocenters. The average Bonchev–Trinajstić information content (AvgIpc) is 2.39. The van der Waals surface area contributed by atoms with Crippen LogP contribution in [0.15, 0.2) is 29.2 Å². The van der Waals surface area contributed by atoms with Crippen LogP contribution in [-0.2, 0) is 14.8 Å². The summed E-state index contributed by atoms with van der Waals surface area (Å²) in [6.07, 6.45) is 0. The lowest BCUT2D eigenvalue weighted by Gasteiger charge is -2.26. The van der Waals surface area contributed by atoms with Crippen molar-refractivity contribution in [1.82, 2.24) is 9.62 Å². The van der Waals surface area contributed by atoms with Crippen LogP contribution in [0.2, 0.25) is 0 Å². The van der Waals surface area contributed by atoms with E-state index < -0.39 is 10.0 Å². The summed E-state index contributed by atoms with van der Waals surface area (Å²) in [6, 6.07) is 6.32. The maximum atomic E-state index is 12.4. The van der Waals surface area contributed by atoms with Gasteiger partial charge in [-0.05, 0) is 18.2 Å². The van der Waals surface area contributed by atoms with Crippen LogP contribution >= 0.6 is 0 Å². The quantitative estimate of drug-likeness (QED) is 0.833. The average molecular weight is 283 g/mol. The highest BCUT2D eigenvalue weighted by Crippen LogP contribution is 2.19. The van der Waals surface area contributed by atoms with Gasteiger partial charge in [-0.2, -0.15) is 4.31 Å². The number of anilines is 1. The van der Waals surface area contributed by atoms with Gasteiger partial charge in [-0.25, -0.2) is 8.42 Å². The van der Waals surface area contributed by atoms with E-state index >= 15 is 0 Å². The van der Waals surface area contributed by atoms with Crippen LogP contribution in [-0.4, -0.2) is 44.8 Å². The Morgan fingerprint density at radius 3 is 2.63 bits per heavy atom. The van der Waals surface area contributed by atoms with Crippen molar-refractivity contribution in [3.8, 4) is 0 Å². The highest BCUT2D eigenvalue weighted by molar-refractivity contribution is 7.89. The third kappa shape index (κ3) is 3.31. The van der Waals surface area contributed by atoms with Gasteiger partial charge in [-0.1, -0.05) is 6.07 Å². The Morgan fingerprint density at radius 2 is 2.00 bits per heavy atom. The number of carbonyl (C=O) groups excluding carboxylic acids is 1. The molecule has 0 saturated carbocycles. The number of piperazine rings is 1. The van der Waals surface area contributed by atoms with Gasteiger partial charge in [-0.15, -0.1) is 0 Å². The molecular formula is C12H17N3O3S. The molecule has 6 nitrogen and oxygen atoms in total. The van der Waals surface area contributed by atoms with Crippen LogP contribution in [0.4, 0.5) is 5.69 Å². The molecule has 0 unspecified atom stereocenters. The Morgan fingerprint density at radius 1 is 1.32 bits per heavy atom. The minimum atomic E-state index is -3.48. The van der Waals surface area contributed by atoms with E-state index in [1.165, 1.54) is 17.3 Å². The molecule has 2 rings (SSSR count). The molecule has 1 heterocycles. The molecule has 1 aliphatic heterocycles. The third-order valence-electron chi connectivity index (χ3n) is 2.87. The number of amides is 1. The third-order valence-corrected chi connectivity index (χ3v) is 4.76. The van der Waals surface area contributed by atoms with Gasteiger partial charge in [0, 0.05) is 38.8 Å². The number of hydrogen-bond acceptors (Lipinski definition) is 4. The van der Waals surface area contributed by atoms with Crippen molar-refractivity contribution < 1.29 is 13.2 Å². The van der Waals surface area contributed by atoms with Crippen LogP contribution in [0.3, 0.4) is 0 Å². The van der Waals surface area contributed by atoms with Crippen LogP contribution in [0.5, 0.6) is 0 Å². The van der Waals surface area contributed by atoms with Crippen LogP contribution in [0, 0.1) is 0 Å². The SMILES string of the molecule is CC(=O)Nc1cccc(S(=O)(=O)N2CCNCC2)c1. The molecular weight excluding hydrogens is 266 g/mol. The van der Waals surface area contributed by atoms with E-state index in [0.29, 0.717) is 31.9 Å². The molecule has 0 radical (unpaired) electrons. The summed E-state index contributed by atoms with van der Waals surface area (Å²) in [5.74, 6) is -0.225. The van der Waals surface area contributed by atoms with E-state index in [0.717, 1.165) is 0 Å². The second-order valence-electron chi connectivity index (χ2n) is 4.36. The zero-order valence-corrected chi connectivity index (χ0v) is 11.5. The van der Waals surface area contributed by atoms with Gasteiger partial charge in [0.2, 0.25) is 15.9 Å². The van der Waals surface area contributed by atoms with Crippen molar-refractivity contribution in [1.29, 1.82) is 0 Å². The Bertz CT molecular complexity index is 565. The molecule has 0 aromatic heterocycles. The highest BCUT2D eigenvalue weighted by atomic mass is 32.2. The van der Waals surface area contributed by atoms with Gasteiger partial charge in [0.1, 0.15) is 0 Å². The summed E-state index contributed by atoms with van der Waals surface area (Å²) in [7, 11) is -3.48. The van der Waals surface area contributed by atoms with Crippen molar-refractivity contribution in [3.05, 3.63) is 24.3 Å². The predicted octanol–water partition coefficient (Wildman–Crippen LogP) is 0.239. The summed E-state index contributed by atoms with van der Waals surface area (Å²) in [5, 5.41) is 5.70. The first-order valence-electron chi connectivity index (χ1n) is 6.09. The van der Waals surface area contributed by atoms with E-state index in [1.54, 1.807) is 18.2 Å². The predicted molar refractivity (Wildman–Crippen MR) is 72.4 cm³/mol. The lowest BCUT2D eigenvalue weighted by molar-refractivity contribution is -0.114. The largest absolute Gasteiger partial charge is 0.326 e. The van der Waals surface area contributed by atoms with E-state index in [-0.39, 0.29) is 10.8 Å². The highest BCUT2D eigenvalue weighted by Gasteiger charge is 2.25. The number of nitrogens with zero attached hydrogens (tertiary/aromatic N) is 1. The summed E-state index contributed by atoms with van der Waals surface area (Å²) < 4.78 is 26.3. The zero-order valence-electron chi connectivity index (χ0n) is 10.7. The van der Waals surface area contributed by atoms with Crippen molar-refractivity contribution in [3.63, 3.8) is 0 Å². The summed E-state index contributed by atoms with van der Waals surface area (Å²) in [6.45, 7) is 3.63. The van der Waals surface area contributed by atoms with E-state index in [1.807, 2.05) is 0 Å². The Hall–Kier alpha value is -1.44. The molecule has 0 aliphatic carbocycles. The molecule has 1 fully saturated rings. The van der Waals surface area contributed by atoms with Crippen LogP contribution in [0.1, 0.15) is 6.92 Å². The number of nitrogens with one attached hydrogen (secondary N) is 2. The Balaban J connectivity index is 2.26. The first-order valence-corrected chi connectivity index (χ1v) is 7.53. The molecule has 1 aromatic carbocycles. The number of rotatable bonds is 3. The second-order valence-corrected chi connectivity index (χ2v) is 6.30. The molecule has 0 bridgehead atoms. The minimum Gasteiger partial charge on any atom is -0.326 e. The molecule has 1 aromatic rings. The van der Waals surface area contributed by atoms with Crippen LogP contribution in [0.25, 0.3) is 0 Å². The number of carbonyl (C=O) groups is 1. The maximum absolute atomic E-state index is 12.4. The number of benzene rings is 1. The lowest BCUT2D eigenvalue weighted by Crippen LogP contribution is -2.46. The second kappa shape index (κ2) is 5.68. The summed E-state index contributed by atoms with van der Waals surface area (Å²) in [5.41, 5.74) is 0.490. The van der Waals surface area contributed by atoms with Crippen molar-refractivity contribution >= 4 is 21.6 Å². The van der Waals surface area contributed by atoms with Crippen LogP contribution < -0.4 is 10.6 Å². The molecule has 0 spiro atoms. The molecule has 1 aliphatic rings. The van der Waals surface area contributed by atoms with E-state index in [4.69, 9.17) is 0 Å². The van der Waals surface area contributed by atoms with Gasteiger partial charge in [0.15, 0.2) is 0 Å². The summed E-state index contributed by atoms with van der Waals surface area (Å²) >= 11 is 0. The minimum absolute atomic E-state index is 0.209. The van der Waals surface area contributed by atoms with Crippen molar-refractivity contribution in [2.24, 2.45) is 0 Å². The number of sulfonamides is 1. The standard InChI is InChI=1S/C12H17N3O3S/c1-10(16)14-11-3-2-4-12(9-11)19(17,18)15-7-5-13-6-8-15/h2-4,9,13H,5-8H2,1H3,(H,14,16). The topological polar surface area (TPSA) is 78.5 Å². The normalized spacial score (nSPS) is 17.1. The molecule has 19 heavy (non-hydrogen) atoms. The van der Waals surface area contributed by atoms with Gasteiger partial charge in [0.25, 0.3) is 0 Å². The Labute approximate surface area is 112 Å². The first-order chi connectivity index (χ1) is 9.00. The monoisotopic (exact) mass is 283 g/mol. The Kier molecular flexibility index (Phi) is 4.18. The fraction of sp³-hybridized carbons (Fsp3) is 0.417. The molecule has 1 amide bonds. The fourth-order valence-electron chi connectivity index (χ4n) is 1.97. The molecule has 2 N–H and O–H groups in total. The smallest absolute Gasteiger partial charge is 0.243 e. The lowest BCUT2D eigenvalue weighted by atomic mass is 10.3. The summed E-state index contributed by atoms with van der Waals surface area (Å²) in [4.78, 5) is 11.2.